The standard InChI is InChI=1S/C18H27N3O.ClH/c1-13-11-20(2)16-8-3-4-9-17(16)21(12-13)18(22)14-6-5-7-15(19)10-14;/h3-4,8-9,13-15H,5-7,10-12,19H2,1-2H3;1H. The average Bonchev–Trinajstić information content (AvgIpc) is 2.63. The number of amides is 1. The van der Waals surface area contributed by atoms with E-state index in [1.165, 1.54) is 0 Å². The first-order chi connectivity index (χ1) is 10.6. The van der Waals surface area contributed by atoms with Crippen LogP contribution >= 0.6 is 12.4 Å². The third-order valence-electron chi connectivity index (χ3n) is 4.99. The predicted molar refractivity (Wildman–Crippen MR) is 98.4 cm³/mol. The quantitative estimate of drug-likeness (QED) is 0.856. The monoisotopic (exact) mass is 337 g/mol. The zero-order valence-electron chi connectivity index (χ0n) is 14.1. The van der Waals surface area contributed by atoms with Gasteiger partial charge in [-0.25, -0.2) is 0 Å². The second-order valence-electron chi connectivity index (χ2n) is 7.05. The number of hydrogen-bond donors (Lipinski definition) is 1. The van der Waals surface area contributed by atoms with E-state index in [2.05, 4.69) is 31.0 Å². The van der Waals surface area contributed by atoms with Crippen LogP contribution in [0.4, 0.5) is 11.4 Å². The Bertz CT molecular complexity index is 551. The number of carbonyl (C=O) groups is 1. The number of nitrogens with two attached hydrogens (primary N) is 1. The number of anilines is 2. The van der Waals surface area contributed by atoms with E-state index in [0.717, 1.165) is 50.1 Å². The van der Waals surface area contributed by atoms with Gasteiger partial charge < -0.3 is 15.5 Å². The van der Waals surface area contributed by atoms with E-state index in [1.807, 2.05) is 17.0 Å². The Morgan fingerprint density at radius 1 is 1.17 bits per heavy atom. The summed E-state index contributed by atoms with van der Waals surface area (Å²) in [6.07, 6.45) is 3.94. The number of para-hydroxylation sites is 2. The van der Waals surface area contributed by atoms with Crippen molar-refractivity contribution < 1.29 is 4.79 Å². The molecular weight excluding hydrogens is 310 g/mol. The highest BCUT2D eigenvalue weighted by Gasteiger charge is 2.33. The number of fused-ring (bicyclic) bond motifs is 1. The molecule has 2 aliphatic rings. The number of hydrogen-bond acceptors (Lipinski definition) is 3. The van der Waals surface area contributed by atoms with E-state index >= 15 is 0 Å². The van der Waals surface area contributed by atoms with Crippen LogP contribution in [0.15, 0.2) is 24.3 Å². The molecule has 0 spiro atoms. The smallest absolute Gasteiger partial charge is 0.230 e. The molecule has 1 heterocycles. The maximum absolute atomic E-state index is 13.1. The van der Waals surface area contributed by atoms with Gasteiger partial charge in [-0.2, -0.15) is 0 Å². The lowest BCUT2D eigenvalue weighted by atomic mass is 9.85. The van der Waals surface area contributed by atoms with E-state index in [9.17, 15) is 4.79 Å². The molecule has 0 aromatic heterocycles. The van der Waals surface area contributed by atoms with E-state index in [-0.39, 0.29) is 30.3 Å². The molecular formula is C18H28ClN3O. The van der Waals surface area contributed by atoms with Gasteiger partial charge in [-0.3, -0.25) is 4.79 Å². The van der Waals surface area contributed by atoms with Crippen LogP contribution < -0.4 is 15.5 Å². The van der Waals surface area contributed by atoms with Crippen LogP contribution in [0.25, 0.3) is 0 Å². The minimum Gasteiger partial charge on any atom is -0.373 e. The summed E-state index contributed by atoms with van der Waals surface area (Å²) in [5.74, 6) is 0.816. The van der Waals surface area contributed by atoms with Crippen molar-refractivity contribution in [2.75, 3.05) is 29.9 Å². The number of halogens is 1. The summed E-state index contributed by atoms with van der Waals surface area (Å²) in [7, 11) is 2.11. The Hall–Kier alpha value is -1.26. The summed E-state index contributed by atoms with van der Waals surface area (Å²) in [4.78, 5) is 17.4. The molecule has 4 nitrogen and oxygen atoms in total. The molecule has 128 valence electrons. The van der Waals surface area contributed by atoms with E-state index in [0.29, 0.717) is 5.92 Å². The van der Waals surface area contributed by atoms with Gasteiger partial charge >= 0.3 is 0 Å². The first kappa shape index (κ1) is 18.1. The highest BCUT2D eigenvalue weighted by molar-refractivity contribution is 5.98. The minimum atomic E-state index is 0. The summed E-state index contributed by atoms with van der Waals surface area (Å²) >= 11 is 0. The van der Waals surface area contributed by atoms with Gasteiger partial charge in [0.05, 0.1) is 11.4 Å². The molecule has 0 bridgehead atoms. The summed E-state index contributed by atoms with van der Waals surface area (Å²) < 4.78 is 0. The molecule has 0 radical (unpaired) electrons. The van der Waals surface area contributed by atoms with Crippen molar-refractivity contribution in [1.29, 1.82) is 0 Å². The highest BCUT2D eigenvalue weighted by atomic mass is 35.5. The van der Waals surface area contributed by atoms with Gasteiger partial charge in [0.1, 0.15) is 0 Å². The van der Waals surface area contributed by atoms with Crippen LogP contribution in [0.3, 0.4) is 0 Å². The van der Waals surface area contributed by atoms with Gasteiger partial charge in [-0.15, -0.1) is 12.4 Å². The summed E-state index contributed by atoms with van der Waals surface area (Å²) in [5, 5.41) is 0. The highest BCUT2D eigenvalue weighted by Crippen LogP contribution is 2.35. The number of rotatable bonds is 1. The predicted octanol–water partition coefficient (Wildman–Crippen LogP) is 3.04. The number of benzene rings is 1. The topological polar surface area (TPSA) is 49.6 Å². The zero-order valence-corrected chi connectivity index (χ0v) is 14.9. The fourth-order valence-electron chi connectivity index (χ4n) is 3.93. The van der Waals surface area contributed by atoms with Crippen molar-refractivity contribution in [3.8, 4) is 0 Å². The van der Waals surface area contributed by atoms with Crippen LogP contribution in [0.5, 0.6) is 0 Å². The van der Waals surface area contributed by atoms with Crippen LogP contribution in [-0.4, -0.2) is 32.1 Å². The van der Waals surface area contributed by atoms with Gasteiger partial charge in [-0.05, 0) is 37.3 Å². The lowest BCUT2D eigenvalue weighted by molar-refractivity contribution is -0.123. The lowest BCUT2D eigenvalue weighted by Gasteiger charge is -2.32. The van der Waals surface area contributed by atoms with E-state index in [1.54, 1.807) is 0 Å². The molecule has 5 heteroatoms. The van der Waals surface area contributed by atoms with Gasteiger partial charge in [0, 0.05) is 32.1 Å². The molecule has 3 rings (SSSR count). The van der Waals surface area contributed by atoms with E-state index in [4.69, 9.17) is 5.73 Å². The fraction of sp³-hybridized carbons (Fsp3) is 0.611. The average molecular weight is 338 g/mol. The first-order valence-corrected chi connectivity index (χ1v) is 8.43. The molecule has 1 fully saturated rings. The number of carbonyl (C=O) groups excluding carboxylic acids is 1. The summed E-state index contributed by atoms with van der Waals surface area (Å²) in [5.41, 5.74) is 8.30. The third-order valence-corrected chi connectivity index (χ3v) is 4.99. The Morgan fingerprint density at radius 3 is 2.57 bits per heavy atom. The van der Waals surface area contributed by atoms with Crippen LogP contribution in [0.1, 0.15) is 32.6 Å². The van der Waals surface area contributed by atoms with Crippen LogP contribution in [0, 0.1) is 11.8 Å². The second-order valence-corrected chi connectivity index (χ2v) is 7.05. The van der Waals surface area contributed by atoms with E-state index < -0.39 is 0 Å². The Kier molecular flexibility index (Phi) is 5.93. The van der Waals surface area contributed by atoms with Crippen molar-refractivity contribution in [2.24, 2.45) is 17.6 Å². The minimum absolute atomic E-state index is 0. The molecule has 1 aliphatic heterocycles. The normalized spacial score (nSPS) is 27.7. The van der Waals surface area contributed by atoms with Crippen LogP contribution in [0.2, 0.25) is 0 Å². The molecule has 1 saturated carbocycles. The van der Waals surface area contributed by atoms with Gasteiger partial charge in [0.2, 0.25) is 5.91 Å². The van der Waals surface area contributed by atoms with Crippen molar-refractivity contribution >= 4 is 29.7 Å². The molecule has 1 aromatic rings. The van der Waals surface area contributed by atoms with Crippen molar-refractivity contribution in [1.82, 2.24) is 0 Å². The van der Waals surface area contributed by atoms with Gasteiger partial charge in [0.15, 0.2) is 0 Å². The van der Waals surface area contributed by atoms with Crippen molar-refractivity contribution in [3.63, 3.8) is 0 Å². The SMILES string of the molecule is CC1CN(C)c2ccccc2N(C(=O)C2CCCC(N)C2)C1.Cl. The zero-order chi connectivity index (χ0) is 15.7. The first-order valence-electron chi connectivity index (χ1n) is 8.43. The van der Waals surface area contributed by atoms with Gasteiger partial charge in [0.25, 0.3) is 0 Å². The molecule has 2 N–H and O–H groups in total. The van der Waals surface area contributed by atoms with Crippen molar-refractivity contribution in [3.05, 3.63) is 24.3 Å². The molecule has 23 heavy (non-hydrogen) atoms. The van der Waals surface area contributed by atoms with Gasteiger partial charge in [-0.1, -0.05) is 25.5 Å². The molecule has 0 saturated heterocycles. The fourth-order valence-corrected chi connectivity index (χ4v) is 3.93. The summed E-state index contributed by atoms with van der Waals surface area (Å²) in [6.45, 7) is 3.99. The largest absolute Gasteiger partial charge is 0.373 e. The second kappa shape index (κ2) is 7.54. The summed E-state index contributed by atoms with van der Waals surface area (Å²) in [6, 6.07) is 8.44. The maximum atomic E-state index is 13.1. The molecule has 3 atom stereocenters. The molecule has 1 aromatic carbocycles. The molecule has 1 aliphatic carbocycles. The Morgan fingerprint density at radius 2 is 1.87 bits per heavy atom. The molecule has 1 amide bonds. The molecule has 3 unspecified atom stereocenters. The Balaban J connectivity index is 0.00000192. The Labute approximate surface area is 145 Å². The third kappa shape index (κ3) is 3.81. The van der Waals surface area contributed by atoms with Crippen molar-refractivity contribution in [2.45, 2.75) is 38.6 Å². The maximum Gasteiger partial charge on any atom is 0.230 e. The van der Waals surface area contributed by atoms with Crippen LogP contribution in [-0.2, 0) is 4.79 Å². The number of nitrogens with zero attached hydrogens (tertiary/aromatic N) is 2. The lowest BCUT2D eigenvalue weighted by Crippen LogP contribution is -2.42.